The minimum atomic E-state index is -0.626. The summed E-state index contributed by atoms with van der Waals surface area (Å²) in [6, 6.07) is 10.1. The van der Waals surface area contributed by atoms with Crippen molar-refractivity contribution in [3.05, 3.63) is 80.4 Å². The Hall–Kier alpha value is -2.70. The topological polar surface area (TPSA) is 53.8 Å². The number of carbonyl (C=O) groups excluding carboxylic acids is 1. The summed E-state index contributed by atoms with van der Waals surface area (Å²) in [6.07, 6.45) is 0.749. The predicted molar refractivity (Wildman–Crippen MR) is 119 cm³/mol. The number of nitrogens with zero attached hydrogens (tertiary/aromatic N) is 2. The maximum atomic E-state index is 13.6. The van der Waals surface area contributed by atoms with Crippen molar-refractivity contribution >= 4 is 28.5 Å². The summed E-state index contributed by atoms with van der Waals surface area (Å²) in [6.45, 7) is 7.35. The molecule has 1 aliphatic heterocycles. The van der Waals surface area contributed by atoms with Gasteiger partial charge in [0.25, 0.3) is 5.91 Å². The zero-order valence-corrected chi connectivity index (χ0v) is 18.3. The first kappa shape index (κ1) is 21.5. The van der Waals surface area contributed by atoms with Crippen LogP contribution in [-0.4, -0.2) is 41.9 Å². The summed E-state index contributed by atoms with van der Waals surface area (Å²) in [4.78, 5) is 30.7. The molecule has 1 amide bonds. The first-order valence-corrected chi connectivity index (χ1v) is 10.9. The maximum absolute atomic E-state index is 13.6. The van der Waals surface area contributed by atoms with Crippen LogP contribution in [0.25, 0.3) is 11.0 Å². The van der Waals surface area contributed by atoms with Crippen LogP contribution in [0.15, 0.2) is 51.7 Å². The van der Waals surface area contributed by atoms with Gasteiger partial charge in [0, 0.05) is 11.6 Å². The van der Waals surface area contributed by atoms with Crippen molar-refractivity contribution < 1.29 is 13.6 Å². The van der Waals surface area contributed by atoms with Crippen LogP contribution in [0.1, 0.15) is 48.0 Å². The number of amides is 1. The van der Waals surface area contributed by atoms with Crippen molar-refractivity contribution in [3.8, 4) is 0 Å². The van der Waals surface area contributed by atoms with Crippen molar-refractivity contribution in [2.75, 3.05) is 26.2 Å². The highest BCUT2D eigenvalue weighted by Crippen LogP contribution is 2.38. The number of halogens is 2. The van der Waals surface area contributed by atoms with Crippen LogP contribution in [0.3, 0.4) is 0 Å². The lowest BCUT2D eigenvalue weighted by atomic mass is 9.98. The number of fused-ring (bicyclic) bond motifs is 2. The lowest BCUT2D eigenvalue weighted by molar-refractivity contribution is 0.0720. The zero-order valence-electron chi connectivity index (χ0n) is 17.5. The summed E-state index contributed by atoms with van der Waals surface area (Å²) in [7, 11) is 0. The third-order valence-corrected chi connectivity index (χ3v) is 6.12. The van der Waals surface area contributed by atoms with Gasteiger partial charge >= 0.3 is 0 Å². The molecule has 0 bridgehead atoms. The second-order valence-electron chi connectivity index (χ2n) is 7.65. The summed E-state index contributed by atoms with van der Waals surface area (Å²) in [5.41, 5.74) is 0.997. The van der Waals surface area contributed by atoms with Gasteiger partial charge in [0.1, 0.15) is 11.4 Å². The van der Waals surface area contributed by atoms with Gasteiger partial charge < -0.3 is 14.2 Å². The van der Waals surface area contributed by atoms with Gasteiger partial charge in [-0.1, -0.05) is 37.6 Å². The molecule has 0 fully saturated rings. The van der Waals surface area contributed by atoms with E-state index in [0.717, 1.165) is 26.1 Å². The lowest BCUT2D eigenvalue weighted by Crippen LogP contribution is -2.33. The largest absolute Gasteiger partial charge is 0.450 e. The van der Waals surface area contributed by atoms with Crippen molar-refractivity contribution in [2.45, 2.75) is 26.3 Å². The van der Waals surface area contributed by atoms with Gasteiger partial charge in [0.15, 0.2) is 5.43 Å². The molecule has 5 nitrogen and oxygen atoms in total. The Morgan fingerprint density at radius 3 is 2.48 bits per heavy atom. The second-order valence-corrected chi connectivity index (χ2v) is 8.08. The standard InChI is InChI=1S/C24H24ClFN2O3/c1-3-27(4-2)12-5-13-28-21(15-6-9-17(26)10-7-15)20-22(29)18-14-16(25)8-11-19(18)31-23(20)24(28)30/h6-11,14,21H,3-5,12-13H2,1-2H3. The minimum absolute atomic E-state index is 0.0528. The third-order valence-electron chi connectivity index (χ3n) is 5.88. The molecule has 0 spiro atoms. The fraction of sp³-hybridized carbons (Fsp3) is 0.333. The highest BCUT2D eigenvalue weighted by molar-refractivity contribution is 6.31. The molecular formula is C24H24ClFN2O3. The van der Waals surface area contributed by atoms with Crippen molar-refractivity contribution in [1.82, 2.24) is 9.80 Å². The van der Waals surface area contributed by atoms with Crippen LogP contribution in [0.2, 0.25) is 5.02 Å². The van der Waals surface area contributed by atoms with E-state index in [2.05, 4.69) is 18.7 Å². The van der Waals surface area contributed by atoms with Crippen molar-refractivity contribution in [3.63, 3.8) is 0 Å². The predicted octanol–water partition coefficient (Wildman–Crippen LogP) is 4.86. The molecule has 2 aromatic carbocycles. The lowest BCUT2D eigenvalue weighted by Gasteiger charge is -2.26. The van der Waals surface area contributed by atoms with Gasteiger partial charge in [-0.25, -0.2) is 4.39 Å². The minimum Gasteiger partial charge on any atom is -0.450 e. The molecular weight excluding hydrogens is 419 g/mol. The summed E-state index contributed by atoms with van der Waals surface area (Å²) in [5, 5.41) is 0.745. The Kier molecular flexibility index (Phi) is 6.12. The number of carbonyl (C=O) groups is 1. The van der Waals surface area contributed by atoms with E-state index in [1.807, 2.05) is 0 Å². The Labute approximate surface area is 185 Å². The van der Waals surface area contributed by atoms with Gasteiger partial charge in [0.2, 0.25) is 5.76 Å². The summed E-state index contributed by atoms with van der Waals surface area (Å²) >= 11 is 6.09. The normalized spacial score (nSPS) is 15.8. The molecule has 0 radical (unpaired) electrons. The summed E-state index contributed by atoms with van der Waals surface area (Å²) < 4.78 is 19.5. The van der Waals surface area contributed by atoms with Crippen LogP contribution in [0, 0.1) is 5.82 Å². The van der Waals surface area contributed by atoms with E-state index in [9.17, 15) is 14.0 Å². The van der Waals surface area contributed by atoms with Gasteiger partial charge in [-0.05, 0) is 62.0 Å². The highest BCUT2D eigenvalue weighted by atomic mass is 35.5. The Balaban J connectivity index is 1.80. The molecule has 31 heavy (non-hydrogen) atoms. The molecule has 7 heteroatoms. The highest BCUT2D eigenvalue weighted by Gasteiger charge is 2.42. The SMILES string of the molecule is CCN(CC)CCCN1C(=O)c2oc3ccc(Cl)cc3c(=O)c2C1c1ccc(F)cc1. The monoisotopic (exact) mass is 442 g/mol. The fourth-order valence-electron chi connectivity index (χ4n) is 4.22. The molecule has 1 atom stereocenters. The van der Waals surface area contributed by atoms with E-state index in [1.165, 1.54) is 12.1 Å². The molecule has 0 saturated carbocycles. The first-order valence-electron chi connectivity index (χ1n) is 10.5. The van der Waals surface area contributed by atoms with Crippen molar-refractivity contribution in [1.29, 1.82) is 0 Å². The number of rotatable bonds is 7. The fourth-order valence-corrected chi connectivity index (χ4v) is 4.39. The van der Waals surface area contributed by atoms with Crippen molar-refractivity contribution in [2.24, 2.45) is 0 Å². The Morgan fingerprint density at radius 1 is 1.10 bits per heavy atom. The van der Waals surface area contributed by atoms with Gasteiger partial charge in [-0.15, -0.1) is 0 Å². The quantitative estimate of drug-likeness (QED) is 0.524. The first-order chi connectivity index (χ1) is 14.9. The molecule has 162 valence electrons. The van der Waals surface area contributed by atoms with Crippen LogP contribution in [0.4, 0.5) is 4.39 Å². The van der Waals surface area contributed by atoms with Crippen LogP contribution in [0.5, 0.6) is 0 Å². The Bertz CT molecular complexity index is 1170. The molecule has 1 unspecified atom stereocenters. The molecule has 4 rings (SSSR count). The molecule has 2 heterocycles. The van der Waals surface area contributed by atoms with E-state index >= 15 is 0 Å². The summed E-state index contributed by atoms with van der Waals surface area (Å²) in [5.74, 6) is -0.645. The third kappa shape index (κ3) is 3.98. The average Bonchev–Trinajstić information content (AvgIpc) is 3.04. The van der Waals surface area contributed by atoms with Gasteiger partial charge in [-0.3, -0.25) is 9.59 Å². The van der Waals surface area contributed by atoms with Crippen LogP contribution >= 0.6 is 11.6 Å². The van der Waals surface area contributed by atoms with Gasteiger partial charge in [-0.2, -0.15) is 0 Å². The number of hydrogen-bond acceptors (Lipinski definition) is 4. The average molecular weight is 443 g/mol. The molecule has 3 aromatic rings. The van der Waals surface area contributed by atoms with E-state index in [0.29, 0.717) is 28.1 Å². The second kappa shape index (κ2) is 8.81. The van der Waals surface area contributed by atoms with E-state index < -0.39 is 6.04 Å². The smallest absolute Gasteiger partial charge is 0.290 e. The van der Waals surface area contributed by atoms with E-state index in [1.54, 1.807) is 35.2 Å². The molecule has 1 aromatic heterocycles. The number of hydrogen-bond donors (Lipinski definition) is 0. The molecule has 0 saturated heterocycles. The maximum Gasteiger partial charge on any atom is 0.290 e. The van der Waals surface area contributed by atoms with E-state index in [4.69, 9.17) is 16.0 Å². The van der Waals surface area contributed by atoms with Crippen LogP contribution < -0.4 is 5.43 Å². The Morgan fingerprint density at radius 2 is 1.81 bits per heavy atom. The molecule has 0 N–H and O–H groups in total. The zero-order chi connectivity index (χ0) is 22.1. The van der Waals surface area contributed by atoms with E-state index in [-0.39, 0.29) is 28.5 Å². The molecule has 0 aliphatic carbocycles. The van der Waals surface area contributed by atoms with Crippen LogP contribution in [-0.2, 0) is 0 Å². The number of benzene rings is 2. The molecule has 1 aliphatic rings. The van der Waals surface area contributed by atoms with Gasteiger partial charge in [0.05, 0.1) is 17.0 Å².